The van der Waals surface area contributed by atoms with Crippen molar-refractivity contribution in [2.24, 2.45) is 0 Å². The number of carbonyl (C=O) groups excluding carboxylic acids is 1. The molecule has 0 saturated heterocycles. The van der Waals surface area contributed by atoms with Crippen molar-refractivity contribution in [2.75, 3.05) is 16.6 Å². The minimum atomic E-state index is -3.90. The van der Waals surface area contributed by atoms with Crippen molar-refractivity contribution >= 4 is 27.3 Å². The molecule has 0 aliphatic rings. The van der Waals surface area contributed by atoms with Crippen molar-refractivity contribution in [3.8, 4) is 5.75 Å². The second-order valence-electron chi connectivity index (χ2n) is 6.59. The van der Waals surface area contributed by atoms with Crippen LogP contribution in [0.25, 0.3) is 0 Å². The highest BCUT2D eigenvalue weighted by Gasteiger charge is 2.17. The summed E-state index contributed by atoms with van der Waals surface area (Å²) in [6.07, 6.45) is 1.54. The number of rotatable bonds is 8. The number of sulfonamides is 1. The van der Waals surface area contributed by atoms with Crippen LogP contribution in [0.1, 0.15) is 24.2 Å². The molecule has 0 unspecified atom stereocenters. The SMILES string of the molecule is CCOc1ccc(NS(=O)(=O)c2cccc(C(=O)Nc3ccc(=O)n(CC)c3)c2)cc1. The Bertz CT molecular complexity index is 1230. The number of amides is 1. The number of ether oxygens (including phenoxy) is 1. The number of carbonyl (C=O) groups is 1. The van der Waals surface area contributed by atoms with E-state index in [2.05, 4.69) is 10.0 Å². The van der Waals surface area contributed by atoms with Gasteiger partial charge in [-0.05, 0) is 62.4 Å². The van der Waals surface area contributed by atoms with Gasteiger partial charge in [0.05, 0.1) is 17.2 Å². The van der Waals surface area contributed by atoms with E-state index in [0.717, 1.165) is 0 Å². The van der Waals surface area contributed by atoms with Crippen molar-refractivity contribution in [3.63, 3.8) is 0 Å². The van der Waals surface area contributed by atoms with E-state index in [0.29, 0.717) is 30.3 Å². The van der Waals surface area contributed by atoms with Gasteiger partial charge in [0.2, 0.25) is 0 Å². The van der Waals surface area contributed by atoms with Crippen LogP contribution in [0.3, 0.4) is 0 Å². The molecule has 3 rings (SSSR count). The maximum absolute atomic E-state index is 12.8. The van der Waals surface area contributed by atoms with E-state index in [9.17, 15) is 18.0 Å². The van der Waals surface area contributed by atoms with Gasteiger partial charge in [-0.25, -0.2) is 8.42 Å². The summed E-state index contributed by atoms with van der Waals surface area (Å²) in [5.74, 6) is 0.151. The summed E-state index contributed by atoms with van der Waals surface area (Å²) in [5, 5.41) is 2.68. The number of hydrogen-bond donors (Lipinski definition) is 2. The standard InChI is InChI=1S/C22H23N3O5S/c1-3-25-15-18(10-13-21(25)26)23-22(27)16-6-5-7-20(14-16)31(28,29)24-17-8-11-19(12-9-17)30-4-2/h5-15,24H,3-4H2,1-2H3,(H,23,27). The molecular formula is C22H23N3O5S. The summed E-state index contributed by atoms with van der Waals surface area (Å²) >= 11 is 0. The van der Waals surface area contributed by atoms with Gasteiger partial charge in [-0.3, -0.25) is 14.3 Å². The van der Waals surface area contributed by atoms with Crippen LogP contribution in [0.2, 0.25) is 0 Å². The normalized spacial score (nSPS) is 11.0. The molecule has 31 heavy (non-hydrogen) atoms. The van der Waals surface area contributed by atoms with E-state index in [-0.39, 0.29) is 16.0 Å². The third kappa shape index (κ3) is 5.52. The molecule has 3 aromatic rings. The van der Waals surface area contributed by atoms with Crippen LogP contribution in [0.15, 0.2) is 76.6 Å². The molecule has 0 radical (unpaired) electrons. The van der Waals surface area contributed by atoms with Crippen LogP contribution < -0.4 is 20.3 Å². The summed E-state index contributed by atoms with van der Waals surface area (Å²) in [5.41, 5.74) is 0.810. The summed E-state index contributed by atoms with van der Waals surface area (Å²) in [7, 11) is -3.90. The highest BCUT2D eigenvalue weighted by atomic mass is 32.2. The number of aryl methyl sites for hydroxylation is 1. The molecule has 0 aliphatic heterocycles. The van der Waals surface area contributed by atoms with Gasteiger partial charge >= 0.3 is 0 Å². The van der Waals surface area contributed by atoms with E-state index in [1.165, 1.54) is 47.2 Å². The molecule has 162 valence electrons. The lowest BCUT2D eigenvalue weighted by Gasteiger charge is -2.11. The lowest BCUT2D eigenvalue weighted by atomic mass is 10.2. The lowest BCUT2D eigenvalue weighted by molar-refractivity contribution is 0.102. The van der Waals surface area contributed by atoms with Gasteiger partial charge in [-0.15, -0.1) is 0 Å². The molecule has 1 aromatic heterocycles. The number of benzene rings is 2. The zero-order chi connectivity index (χ0) is 22.4. The Morgan fingerprint density at radius 2 is 1.71 bits per heavy atom. The summed E-state index contributed by atoms with van der Waals surface area (Å²) in [6, 6.07) is 15.1. The van der Waals surface area contributed by atoms with Crippen molar-refractivity contribution in [1.29, 1.82) is 0 Å². The Hall–Kier alpha value is -3.59. The fourth-order valence-corrected chi connectivity index (χ4v) is 3.96. The maximum atomic E-state index is 12.8. The molecule has 1 heterocycles. The van der Waals surface area contributed by atoms with Crippen LogP contribution in [0.4, 0.5) is 11.4 Å². The Balaban J connectivity index is 1.78. The molecule has 0 spiro atoms. The average Bonchev–Trinajstić information content (AvgIpc) is 2.76. The van der Waals surface area contributed by atoms with Crippen LogP contribution >= 0.6 is 0 Å². The van der Waals surface area contributed by atoms with Crippen molar-refractivity contribution in [1.82, 2.24) is 4.57 Å². The summed E-state index contributed by atoms with van der Waals surface area (Å²) in [4.78, 5) is 24.2. The Morgan fingerprint density at radius 1 is 1.00 bits per heavy atom. The first kappa shape index (κ1) is 22.1. The summed E-state index contributed by atoms with van der Waals surface area (Å²) in [6.45, 7) is 4.66. The number of hydrogen-bond acceptors (Lipinski definition) is 5. The lowest BCUT2D eigenvalue weighted by Crippen LogP contribution is -2.20. The molecule has 2 N–H and O–H groups in total. The molecule has 0 aliphatic carbocycles. The first-order chi connectivity index (χ1) is 14.8. The number of aromatic nitrogens is 1. The molecule has 0 bridgehead atoms. The molecule has 0 saturated carbocycles. The highest BCUT2D eigenvalue weighted by Crippen LogP contribution is 2.20. The number of nitrogens with zero attached hydrogens (tertiary/aromatic N) is 1. The van der Waals surface area contributed by atoms with Crippen LogP contribution in [0.5, 0.6) is 5.75 Å². The van der Waals surface area contributed by atoms with Gasteiger partial charge < -0.3 is 14.6 Å². The predicted octanol–water partition coefficient (Wildman–Crippen LogP) is 3.32. The molecule has 1 amide bonds. The molecule has 2 aromatic carbocycles. The smallest absolute Gasteiger partial charge is 0.261 e. The van der Waals surface area contributed by atoms with Gasteiger partial charge in [0.25, 0.3) is 21.5 Å². The number of nitrogens with one attached hydrogen (secondary N) is 2. The number of anilines is 2. The van der Waals surface area contributed by atoms with E-state index < -0.39 is 15.9 Å². The van der Waals surface area contributed by atoms with Gasteiger partial charge in [0.15, 0.2) is 0 Å². The Morgan fingerprint density at radius 3 is 2.39 bits per heavy atom. The first-order valence-corrected chi connectivity index (χ1v) is 11.2. The zero-order valence-electron chi connectivity index (χ0n) is 17.2. The minimum absolute atomic E-state index is 0.0486. The van der Waals surface area contributed by atoms with Gasteiger partial charge in [0.1, 0.15) is 5.75 Å². The molecule has 0 atom stereocenters. The van der Waals surface area contributed by atoms with Gasteiger partial charge in [0, 0.05) is 30.1 Å². The van der Waals surface area contributed by atoms with E-state index in [4.69, 9.17) is 4.74 Å². The number of pyridine rings is 1. The molecule has 9 heteroatoms. The predicted molar refractivity (Wildman–Crippen MR) is 119 cm³/mol. The molecular weight excluding hydrogens is 418 g/mol. The largest absolute Gasteiger partial charge is 0.494 e. The summed E-state index contributed by atoms with van der Waals surface area (Å²) < 4.78 is 34.8. The minimum Gasteiger partial charge on any atom is -0.494 e. The van der Waals surface area contributed by atoms with Crippen molar-refractivity contribution in [3.05, 3.63) is 82.8 Å². The third-order valence-corrected chi connectivity index (χ3v) is 5.79. The Labute approximate surface area is 180 Å². The second kappa shape index (κ2) is 9.48. The molecule has 8 nitrogen and oxygen atoms in total. The van der Waals surface area contributed by atoms with Crippen molar-refractivity contribution < 1.29 is 17.9 Å². The van der Waals surface area contributed by atoms with Crippen LogP contribution in [-0.4, -0.2) is 25.5 Å². The Kier molecular flexibility index (Phi) is 6.76. The fourth-order valence-electron chi connectivity index (χ4n) is 2.86. The third-order valence-electron chi connectivity index (χ3n) is 4.41. The van der Waals surface area contributed by atoms with E-state index >= 15 is 0 Å². The second-order valence-corrected chi connectivity index (χ2v) is 8.27. The van der Waals surface area contributed by atoms with Crippen molar-refractivity contribution in [2.45, 2.75) is 25.3 Å². The van der Waals surface area contributed by atoms with Gasteiger partial charge in [-0.2, -0.15) is 0 Å². The quantitative estimate of drug-likeness (QED) is 0.558. The maximum Gasteiger partial charge on any atom is 0.261 e. The molecule has 0 fully saturated rings. The average molecular weight is 442 g/mol. The van der Waals surface area contributed by atoms with E-state index in [1.807, 2.05) is 13.8 Å². The van der Waals surface area contributed by atoms with Gasteiger partial charge in [-0.1, -0.05) is 6.07 Å². The fraction of sp³-hybridized carbons (Fsp3) is 0.182. The highest BCUT2D eigenvalue weighted by molar-refractivity contribution is 7.92. The topological polar surface area (TPSA) is 106 Å². The first-order valence-electron chi connectivity index (χ1n) is 9.70. The monoisotopic (exact) mass is 441 g/mol. The van der Waals surface area contributed by atoms with E-state index in [1.54, 1.807) is 24.3 Å². The van der Waals surface area contributed by atoms with Crippen LogP contribution in [0, 0.1) is 0 Å². The van der Waals surface area contributed by atoms with Crippen LogP contribution in [-0.2, 0) is 16.6 Å². The zero-order valence-corrected chi connectivity index (χ0v) is 18.0.